The van der Waals surface area contributed by atoms with Gasteiger partial charge >= 0.3 is 12.0 Å². The lowest BCUT2D eigenvalue weighted by atomic mass is 10.1. The Morgan fingerprint density at radius 3 is 2.52 bits per heavy atom. The molecule has 0 bridgehead atoms. The summed E-state index contributed by atoms with van der Waals surface area (Å²) in [4.78, 5) is 27.0. The lowest BCUT2D eigenvalue weighted by Crippen LogP contribution is -2.44. The van der Waals surface area contributed by atoms with Crippen LogP contribution in [0.2, 0.25) is 0 Å². The van der Waals surface area contributed by atoms with Crippen LogP contribution in [0.25, 0.3) is 0 Å². The van der Waals surface area contributed by atoms with E-state index in [0.717, 1.165) is 5.56 Å². The molecule has 6 heteroatoms. The van der Waals surface area contributed by atoms with E-state index < -0.39 is 18.0 Å². The maximum absolute atomic E-state index is 11.8. The predicted molar refractivity (Wildman–Crippen MR) is 78.0 cm³/mol. The third-order valence-corrected chi connectivity index (χ3v) is 2.80. The Labute approximate surface area is 121 Å². The van der Waals surface area contributed by atoms with E-state index in [1.165, 1.54) is 0 Å². The van der Waals surface area contributed by atoms with Crippen molar-refractivity contribution in [3.63, 3.8) is 0 Å². The van der Waals surface area contributed by atoms with Crippen LogP contribution < -0.4 is 10.6 Å². The van der Waals surface area contributed by atoms with Gasteiger partial charge in [-0.05, 0) is 23.8 Å². The largest absolute Gasteiger partial charge is 0.480 e. The molecule has 0 aliphatic carbocycles. The Morgan fingerprint density at radius 1 is 1.14 bits per heavy atom. The number of nitrogens with one attached hydrogen (secondary N) is 2. The van der Waals surface area contributed by atoms with Crippen molar-refractivity contribution in [2.75, 3.05) is 5.32 Å². The van der Waals surface area contributed by atoms with Crippen LogP contribution in [-0.2, 0) is 11.2 Å². The SMILES string of the molecule is O=C(Nc1ccccc1)NC(Cc1cccnc1)C(=O)O. The zero-order valence-electron chi connectivity index (χ0n) is 11.2. The summed E-state index contributed by atoms with van der Waals surface area (Å²) in [6.45, 7) is 0. The lowest BCUT2D eigenvalue weighted by Gasteiger charge is -2.15. The highest BCUT2D eigenvalue weighted by molar-refractivity contribution is 5.92. The molecule has 0 radical (unpaired) electrons. The molecule has 0 spiro atoms. The first-order valence-electron chi connectivity index (χ1n) is 6.39. The predicted octanol–water partition coefficient (Wildman–Crippen LogP) is 1.90. The van der Waals surface area contributed by atoms with Crippen molar-refractivity contribution in [1.29, 1.82) is 0 Å². The molecule has 2 rings (SSSR count). The van der Waals surface area contributed by atoms with Gasteiger partial charge in [0, 0.05) is 24.5 Å². The number of pyridine rings is 1. The Balaban J connectivity index is 1.96. The van der Waals surface area contributed by atoms with Crippen LogP contribution in [-0.4, -0.2) is 28.1 Å². The quantitative estimate of drug-likeness (QED) is 0.782. The Morgan fingerprint density at radius 2 is 1.90 bits per heavy atom. The highest BCUT2D eigenvalue weighted by Crippen LogP contribution is 2.06. The summed E-state index contributed by atoms with van der Waals surface area (Å²) in [7, 11) is 0. The molecule has 0 saturated carbocycles. The minimum absolute atomic E-state index is 0.172. The molecular formula is C15H15N3O3. The van der Waals surface area contributed by atoms with Gasteiger partial charge in [0.2, 0.25) is 0 Å². The zero-order chi connectivity index (χ0) is 15.1. The van der Waals surface area contributed by atoms with Gasteiger partial charge in [0.15, 0.2) is 0 Å². The average Bonchev–Trinajstić information content (AvgIpc) is 2.48. The van der Waals surface area contributed by atoms with Crippen LogP contribution in [0.3, 0.4) is 0 Å². The Bertz CT molecular complexity index is 602. The minimum atomic E-state index is -1.10. The van der Waals surface area contributed by atoms with Gasteiger partial charge in [0.25, 0.3) is 0 Å². The fourth-order valence-electron chi connectivity index (χ4n) is 1.80. The van der Waals surface area contributed by atoms with Gasteiger partial charge in [-0.15, -0.1) is 0 Å². The molecule has 6 nitrogen and oxygen atoms in total. The van der Waals surface area contributed by atoms with E-state index in [9.17, 15) is 14.7 Å². The zero-order valence-corrected chi connectivity index (χ0v) is 11.2. The first-order valence-corrected chi connectivity index (χ1v) is 6.39. The molecule has 2 amide bonds. The standard InChI is InChI=1S/C15H15N3O3/c19-14(20)13(9-11-5-4-8-16-10-11)18-15(21)17-12-6-2-1-3-7-12/h1-8,10,13H,9H2,(H,19,20)(H2,17,18,21). The van der Waals surface area contributed by atoms with Gasteiger partial charge in [0.1, 0.15) is 6.04 Å². The Hall–Kier alpha value is -2.89. The molecule has 1 aromatic carbocycles. The number of aromatic nitrogens is 1. The van der Waals surface area contributed by atoms with Gasteiger partial charge in [-0.1, -0.05) is 24.3 Å². The topological polar surface area (TPSA) is 91.3 Å². The number of aliphatic carboxylic acids is 1. The second-order valence-corrected chi connectivity index (χ2v) is 4.42. The van der Waals surface area contributed by atoms with Crippen LogP contribution in [0, 0.1) is 0 Å². The summed E-state index contributed by atoms with van der Waals surface area (Å²) in [5.41, 5.74) is 1.34. The molecule has 0 aliphatic heterocycles. The number of carboxylic acids is 1. The molecule has 0 aliphatic rings. The summed E-state index contributed by atoms with van der Waals surface area (Å²) in [6.07, 6.45) is 3.35. The number of nitrogens with zero attached hydrogens (tertiary/aromatic N) is 1. The van der Waals surface area contributed by atoms with Crippen LogP contribution in [0.5, 0.6) is 0 Å². The molecule has 1 heterocycles. The van der Waals surface area contributed by atoms with Crippen molar-refractivity contribution in [2.24, 2.45) is 0 Å². The molecule has 0 saturated heterocycles. The summed E-state index contributed by atoms with van der Waals surface area (Å²) in [6, 6.07) is 10.7. The van der Waals surface area contributed by atoms with E-state index in [4.69, 9.17) is 0 Å². The lowest BCUT2D eigenvalue weighted by molar-refractivity contribution is -0.139. The maximum atomic E-state index is 11.8. The molecular weight excluding hydrogens is 270 g/mol. The Kier molecular flexibility index (Phi) is 4.87. The monoisotopic (exact) mass is 285 g/mol. The van der Waals surface area contributed by atoms with E-state index in [0.29, 0.717) is 5.69 Å². The second-order valence-electron chi connectivity index (χ2n) is 4.42. The van der Waals surface area contributed by atoms with E-state index >= 15 is 0 Å². The number of carbonyl (C=O) groups excluding carboxylic acids is 1. The molecule has 0 fully saturated rings. The number of carboxylic acid groups (broad SMARTS) is 1. The number of hydrogen-bond donors (Lipinski definition) is 3. The smallest absolute Gasteiger partial charge is 0.326 e. The van der Waals surface area contributed by atoms with E-state index in [1.54, 1.807) is 48.8 Å². The third-order valence-electron chi connectivity index (χ3n) is 2.80. The number of urea groups is 1. The van der Waals surface area contributed by atoms with Crippen molar-refractivity contribution < 1.29 is 14.7 Å². The number of carbonyl (C=O) groups is 2. The van der Waals surface area contributed by atoms with E-state index in [1.807, 2.05) is 6.07 Å². The van der Waals surface area contributed by atoms with Crippen molar-refractivity contribution in [3.05, 3.63) is 60.4 Å². The van der Waals surface area contributed by atoms with Gasteiger partial charge < -0.3 is 15.7 Å². The molecule has 1 aromatic heterocycles. The van der Waals surface area contributed by atoms with Gasteiger partial charge in [-0.25, -0.2) is 9.59 Å². The average molecular weight is 285 g/mol. The number of amides is 2. The molecule has 2 aromatic rings. The fraction of sp³-hybridized carbons (Fsp3) is 0.133. The normalized spacial score (nSPS) is 11.4. The summed E-state index contributed by atoms with van der Waals surface area (Å²) >= 11 is 0. The number of para-hydroxylation sites is 1. The fourth-order valence-corrected chi connectivity index (χ4v) is 1.80. The number of rotatable bonds is 5. The highest BCUT2D eigenvalue weighted by Gasteiger charge is 2.20. The minimum Gasteiger partial charge on any atom is -0.480 e. The van der Waals surface area contributed by atoms with Crippen molar-refractivity contribution in [1.82, 2.24) is 10.3 Å². The van der Waals surface area contributed by atoms with Crippen LogP contribution in [0.4, 0.5) is 10.5 Å². The van der Waals surface area contributed by atoms with E-state index in [2.05, 4.69) is 15.6 Å². The van der Waals surface area contributed by atoms with Crippen molar-refractivity contribution >= 4 is 17.7 Å². The maximum Gasteiger partial charge on any atom is 0.326 e. The summed E-state index contributed by atoms with van der Waals surface area (Å²) < 4.78 is 0. The first-order chi connectivity index (χ1) is 10.1. The van der Waals surface area contributed by atoms with E-state index in [-0.39, 0.29) is 6.42 Å². The van der Waals surface area contributed by atoms with Crippen LogP contribution >= 0.6 is 0 Å². The number of anilines is 1. The first kappa shape index (κ1) is 14.5. The molecule has 108 valence electrons. The number of benzene rings is 1. The molecule has 1 atom stereocenters. The molecule has 21 heavy (non-hydrogen) atoms. The number of hydrogen-bond acceptors (Lipinski definition) is 3. The summed E-state index contributed by atoms with van der Waals surface area (Å²) in [5.74, 6) is -1.10. The molecule has 3 N–H and O–H groups in total. The van der Waals surface area contributed by atoms with Crippen molar-refractivity contribution in [3.8, 4) is 0 Å². The second kappa shape index (κ2) is 7.04. The van der Waals surface area contributed by atoms with Gasteiger partial charge in [-0.2, -0.15) is 0 Å². The van der Waals surface area contributed by atoms with Crippen molar-refractivity contribution in [2.45, 2.75) is 12.5 Å². The molecule has 1 unspecified atom stereocenters. The third kappa shape index (κ3) is 4.61. The highest BCUT2D eigenvalue weighted by atomic mass is 16.4. The van der Waals surface area contributed by atoms with Gasteiger partial charge in [0.05, 0.1) is 0 Å². The van der Waals surface area contributed by atoms with Crippen LogP contribution in [0.1, 0.15) is 5.56 Å². The summed E-state index contributed by atoms with van der Waals surface area (Å²) in [5, 5.41) is 14.2. The van der Waals surface area contributed by atoms with Crippen LogP contribution in [0.15, 0.2) is 54.9 Å². The van der Waals surface area contributed by atoms with Gasteiger partial charge in [-0.3, -0.25) is 4.98 Å².